The average molecular weight is 465 g/mol. The van der Waals surface area contributed by atoms with Gasteiger partial charge in [0, 0.05) is 5.41 Å². The van der Waals surface area contributed by atoms with Crippen molar-refractivity contribution in [1.82, 2.24) is 0 Å². The molecule has 2 aromatic rings. The van der Waals surface area contributed by atoms with Crippen molar-refractivity contribution < 1.29 is 10.2 Å². The highest BCUT2D eigenvalue weighted by Gasteiger charge is 2.35. The van der Waals surface area contributed by atoms with Gasteiger partial charge in [0.1, 0.15) is 11.5 Å². The van der Waals surface area contributed by atoms with E-state index >= 15 is 0 Å². The lowest BCUT2D eigenvalue weighted by atomic mass is 9.66. The molecule has 2 heteroatoms. The molecule has 0 aromatic heterocycles. The Morgan fingerprint density at radius 1 is 0.500 bits per heavy atom. The standard InChI is InChI=1S/C32H48O2/c1-5-24-20-28(21-25(6-2)30(24)33)32(18-16-14-12-10-9-11-13-15-17-19-32)29-22-26(7-3)31(34)27(8-4)23-29/h20-23,33-34H,5-19H2,1-4H3. The van der Waals surface area contributed by atoms with Crippen LogP contribution in [0.4, 0.5) is 0 Å². The van der Waals surface area contributed by atoms with Crippen LogP contribution in [0, 0.1) is 0 Å². The quantitative estimate of drug-likeness (QED) is 0.448. The molecule has 0 unspecified atom stereocenters. The molecule has 2 aromatic carbocycles. The Kier molecular flexibility index (Phi) is 9.92. The van der Waals surface area contributed by atoms with Gasteiger partial charge < -0.3 is 10.2 Å². The third-order valence-corrected chi connectivity index (χ3v) is 8.37. The van der Waals surface area contributed by atoms with Crippen molar-refractivity contribution in [3.05, 3.63) is 57.6 Å². The van der Waals surface area contributed by atoms with Crippen molar-refractivity contribution in [1.29, 1.82) is 0 Å². The van der Waals surface area contributed by atoms with Gasteiger partial charge in [0.05, 0.1) is 0 Å². The van der Waals surface area contributed by atoms with E-state index in [0.29, 0.717) is 11.5 Å². The lowest BCUT2D eigenvalue weighted by Gasteiger charge is -2.38. The van der Waals surface area contributed by atoms with Gasteiger partial charge in [-0.15, -0.1) is 0 Å². The first-order valence-electron chi connectivity index (χ1n) is 14.2. The van der Waals surface area contributed by atoms with Crippen LogP contribution in [-0.2, 0) is 31.1 Å². The molecule has 0 amide bonds. The van der Waals surface area contributed by atoms with Crippen LogP contribution in [0.25, 0.3) is 0 Å². The summed E-state index contributed by atoms with van der Waals surface area (Å²) < 4.78 is 0. The van der Waals surface area contributed by atoms with E-state index in [1.54, 1.807) is 0 Å². The molecule has 0 radical (unpaired) electrons. The smallest absolute Gasteiger partial charge is 0.121 e. The summed E-state index contributed by atoms with van der Waals surface area (Å²) in [4.78, 5) is 0. The van der Waals surface area contributed by atoms with E-state index in [-0.39, 0.29) is 5.41 Å². The number of phenols is 2. The van der Waals surface area contributed by atoms with Gasteiger partial charge in [-0.1, -0.05) is 110 Å². The molecule has 0 aliphatic heterocycles. The molecule has 2 N–H and O–H groups in total. The largest absolute Gasteiger partial charge is 0.507 e. The van der Waals surface area contributed by atoms with Gasteiger partial charge in [0.25, 0.3) is 0 Å². The van der Waals surface area contributed by atoms with Gasteiger partial charge in [-0.25, -0.2) is 0 Å². The molecule has 34 heavy (non-hydrogen) atoms. The van der Waals surface area contributed by atoms with Crippen molar-refractivity contribution in [2.45, 2.75) is 129 Å². The minimum absolute atomic E-state index is 0.0672. The number of rotatable bonds is 6. The summed E-state index contributed by atoms with van der Waals surface area (Å²) in [6.07, 6.45) is 17.5. The first-order valence-corrected chi connectivity index (χ1v) is 14.2. The molecule has 0 saturated heterocycles. The molecule has 0 atom stereocenters. The van der Waals surface area contributed by atoms with Crippen LogP contribution in [-0.4, -0.2) is 10.2 Å². The second-order valence-electron chi connectivity index (χ2n) is 10.5. The minimum atomic E-state index is -0.0672. The number of phenolic OH excluding ortho intramolecular Hbond substituents is 2. The van der Waals surface area contributed by atoms with Crippen LogP contribution in [0.3, 0.4) is 0 Å². The van der Waals surface area contributed by atoms with E-state index in [1.165, 1.54) is 68.9 Å². The van der Waals surface area contributed by atoms with E-state index in [2.05, 4.69) is 52.0 Å². The number of aromatic hydroxyl groups is 2. The summed E-state index contributed by atoms with van der Waals surface area (Å²) in [5.74, 6) is 0.984. The fourth-order valence-corrected chi connectivity index (χ4v) is 6.11. The van der Waals surface area contributed by atoms with Crippen molar-refractivity contribution in [3.8, 4) is 11.5 Å². The van der Waals surface area contributed by atoms with E-state index < -0.39 is 0 Å². The number of aryl methyl sites for hydroxylation is 4. The van der Waals surface area contributed by atoms with Crippen molar-refractivity contribution in [3.63, 3.8) is 0 Å². The lowest BCUT2D eigenvalue weighted by Crippen LogP contribution is -2.29. The summed E-state index contributed by atoms with van der Waals surface area (Å²) in [7, 11) is 0. The van der Waals surface area contributed by atoms with E-state index in [4.69, 9.17) is 0 Å². The van der Waals surface area contributed by atoms with Crippen molar-refractivity contribution in [2.75, 3.05) is 0 Å². The minimum Gasteiger partial charge on any atom is -0.507 e. The summed E-state index contributed by atoms with van der Waals surface area (Å²) in [6, 6.07) is 9.24. The maximum absolute atomic E-state index is 10.9. The maximum Gasteiger partial charge on any atom is 0.121 e. The predicted molar refractivity (Wildman–Crippen MR) is 145 cm³/mol. The topological polar surface area (TPSA) is 40.5 Å². The summed E-state index contributed by atoms with van der Waals surface area (Å²) >= 11 is 0. The van der Waals surface area contributed by atoms with E-state index in [1.807, 2.05) is 0 Å². The van der Waals surface area contributed by atoms with Crippen molar-refractivity contribution in [2.24, 2.45) is 0 Å². The van der Waals surface area contributed by atoms with Gasteiger partial charge in [-0.05, 0) is 71.9 Å². The third kappa shape index (κ3) is 5.81. The van der Waals surface area contributed by atoms with Crippen LogP contribution < -0.4 is 0 Å². The van der Waals surface area contributed by atoms with Crippen LogP contribution in [0.5, 0.6) is 11.5 Å². The summed E-state index contributed by atoms with van der Waals surface area (Å²) in [5.41, 5.74) is 6.99. The first kappa shape index (κ1) is 26.6. The lowest BCUT2D eigenvalue weighted by molar-refractivity contribution is 0.380. The Hall–Kier alpha value is -1.96. The molecular weight excluding hydrogens is 416 g/mol. The first-order chi connectivity index (χ1) is 16.5. The fraction of sp³-hybridized carbons (Fsp3) is 0.625. The Morgan fingerprint density at radius 3 is 1.03 bits per heavy atom. The summed E-state index contributed by atoms with van der Waals surface area (Å²) in [6.45, 7) is 8.60. The molecule has 1 fully saturated rings. The van der Waals surface area contributed by atoms with Gasteiger partial charge >= 0.3 is 0 Å². The van der Waals surface area contributed by atoms with E-state index in [9.17, 15) is 10.2 Å². The molecule has 3 rings (SSSR count). The van der Waals surface area contributed by atoms with Gasteiger partial charge in [-0.3, -0.25) is 0 Å². The molecule has 188 valence electrons. The van der Waals surface area contributed by atoms with Gasteiger partial charge in [0.15, 0.2) is 0 Å². The highest BCUT2D eigenvalue weighted by Crippen LogP contribution is 2.46. The molecule has 0 heterocycles. The Labute approximate surface area is 208 Å². The summed E-state index contributed by atoms with van der Waals surface area (Å²) in [5, 5.41) is 21.8. The van der Waals surface area contributed by atoms with Crippen LogP contribution >= 0.6 is 0 Å². The maximum atomic E-state index is 10.9. The molecule has 0 bridgehead atoms. The number of benzene rings is 2. The monoisotopic (exact) mass is 464 g/mol. The molecule has 2 nitrogen and oxygen atoms in total. The third-order valence-electron chi connectivity index (χ3n) is 8.37. The molecule has 1 aliphatic carbocycles. The Bertz CT molecular complexity index is 801. The zero-order valence-corrected chi connectivity index (χ0v) is 22.3. The van der Waals surface area contributed by atoms with Crippen LogP contribution in [0.15, 0.2) is 24.3 Å². The van der Waals surface area contributed by atoms with Crippen molar-refractivity contribution >= 4 is 0 Å². The van der Waals surface area contributed by atoms with E-state index in [0.717, 1.165) is 60.8 Å². The number of hydrogen-bond acceptors (Lipinski definition) is 2. The zero-order valence-electron chi connectivity index (χ0n) is 22.3. The van der Waals surface area contributed by atoms with Crippen LogP contribution in [0.2, 0.25) is 0 Å². The highest BCUT2D eigenvalue weighted by molar-refractivity contribution is 5.53. The Morgan fingerprint density at radius 2 is 0.765 bits per heavy atom. The normalized spacial score (nSPS) is 17.6. The highest BCUT2D eigenvalue weighted by atomic mass is 16.3. The zero-order chi connectivity index (χ0) is 24.6. The second kappa shape index (κ2) is 12.7. The molecule has 0 spiro atoms. The molecule has 1 aliphatic rings. The van der Waals surface area contributed by atoms with Gasteiger partial charge in [-0.2, -0.15) is 0 Å². The fourth-order valence-electron chi connectivity index (χ4n) is 6.11. The second-order valence-corrected chi connectivity index (χ2v) is 10.5. The molecular formula is C32H48O2. The number of hydrogen-bond donors (Lipinski definition) is 2. The SMILES string of the molecule is CCc1cc(C2(c3cc(CC)c(O)c(CC)c3)CCCCCCCCCCC2)cc(CC)c1O. The Balaban J connectivity index is 2.24. The van der Waals surface area contributed by atoms with Gasteiger partial charge in [0.2, 0.25) is 0 Å². The molecule has 1 saturated carbocycles. The predicted octanol–water partition coefficient (Wildman–Crippen LogP) is 8.94. The average Bonchev–Trinajstić information content (AvgIpc) is 2.85. The van der Waals surface area contributed by atoms with Crippen LogP contribution in [0.1, 0.15) is 132 Å².